The number of fused-ring (bicyclic) bond motifs is 1. The molecule has 4 rings (SSSR count). The molecule has 3 aromatic carbocycles. The minimum Gasteiger partial charge on any atom is -0.179 e. The molecular weight excluding hydrogens is 376 g/mol. The van der Waals surface area contributed by atoms with E-state index in [0.717, 1.165) is 21.2 Å². The highest BCUT2D eigenvalue weighted by Gasteiger charge is 2.27. The molecule has 0 aliphatic rings. The average molecular weight is 396 g/mol. The summed E-state index contributed by atoms with van der Waals surface area (Å²) in [5.41, 5.74) is 2.14. The van der Waals surface area contributed by atoms with Crippen LogP contribution in [0.3, 0.4) is 0 Å². The number of anilines is 1. The number of aromatic nitrogens is 1. The predicted molar refractivity (Wildman–Crippen MR) is 110 cm³/mol. The molecule has 0 radical (unpaired) electrons. The first-order chi connectivity index (χ1) is 13.0. The van der Waals surface area contributed by atoms with E-state index in [1.807, 2.05) is 65.5 Å². The fraction of sp³-hybridized carbons (Fsp3) is 0.0952. The van der Waals surface area contributed by atoms with Crippen LogP contribution in [0.1, 0.15) is 11.1 Å². The van der Waals surface area contributed by atoms with Gasteiger partial charge in [0.1, 0.15) is 11.4 Å². The zero-order valence-corrected chi connectivity index (χ0v) is 16.4. The summed E-state index contributed by atoms with van der Waals surface area (Å²) in [7, 11) is -3.67. The summed E-state index contributed by atoms with van der Waals surface area (Å²) < 4.78 is 31.7. The van der Waals surface area contributed by atoms with Gasteiger partial charge in [-0.05, 0) is 36.8 Å². The molecule has 136 valence electrons. The molecule has 0 fully saturated rings. The second-order valence-corrected chi connectivity index (χ2v) is 9.12. The van der Waals surface area contributed by atoms with Gasteiger partial charge in [0, 0.05) is 11.5 Å². The van der Waals surface area contributed by atoms with Crippen LogP contribution in [0.5, 0.6) is 0 Å². The van der Waals surface area contributed by atoms with Crippen molar-refractivity contribution in [3.8, 4) is 0 Å². The van der Waals surface area contributed by atoms with E-state index >= 15 is 0 Å². The van der Waals surface area contributed by atoms with Gasteiger partial charge in [-0.2, -0.15) is 17.1 Å². The fourth-order valence-electron chi connectivity index (χ4n) is 2.91. The Balaban J connectivity index is 1.77. The Bertz CT molecular complexity index is 1180. The molecule has 0 bridgehead atoms. The molecule has 4 aromatic rings. The minimum atomic E-state index is -3.67. The first-order valence-corrected chi connectivity index (χ1v) is 10.8. The van der Waals surface area contributed by atoms with Gasteiger partial charge in [-0.15, -0.1) is 0 Å². The van der Waals surface area contributed by atoms with Crippen LogP contribution in [0.15, 0.2) is 83.8 Å². The number of aryl methyl sites for hydroxylation is 1. The smallest absolute Gasteiger partial charge is 0.179 e. The maximum atomic E-state index is 12.9. The summed E-state index contributed by atoms with van der Waals surface area (Å²) in [6.45, 7) is 2.54. The van der Waals surface area contributed by atoms with Gasteiger partial charge in [-0.25, -0.2) is 0 Å². The van der Waals surface area contributed by atoms with Gasteiger partial charge in [0.2, 0.25) is 0 Å². The SMILES string of the molecule is Cc1ccc(S(=O)(=O)Nc2c3ccccc3s[n+]2Cc2ccccc2)cc1. The van der Waals surface area contributed by atoms with Crippen LogP contribution in [0.4, 0.5) is 5.82 Å². The molecule has 1 aromatic heterocycles. The zero-order valence-electron chi connectivity index (χ0n) is 14.8. The van der Waals surface area contributed by atoms with Crippen molar-refractivity contribution in [2.75, 3.05) is 4.72 Å². The third kappa shape index (κ3) is 3.72. The highest BCUT2D eigenvalue weighted by molar-refractivity contribution is 7.92. The number of rotatable bonds is 5. The standard InChI is InChI=1S/C21H18N2O2S2/c1-16-11-13-18(14-12-16)27(24,25)22-21-19-9-5-6-10-20(19)26-23(21)15-17-7-3-2-4-8-17/h2-14H,15H2,1H3/p+1. The predicted octanol–water partition coefficient (Wildman–Crippen LogP) is 4.35. The van der Waals surface area contributed by atoms with Crippen molar-refractivity contribution in [2.24, 2.45) is 0 Å². The molecule has 1 heterocycles. The number of benzene rings is 3. The quantitative estimate of drug-likeness (QED) is 0.511. The third-order valence-corrected chi connectivity index (χ3v) is 6.77. The lowest BCUT2D eigenvalue weighted by molar-refractivity contribution is -0.603. The van der Waals surface area contributed by atoms with Gasteiger partial charge < -0.3 is 0 Å². The summed E-state index contributed by atoms with van der Waals surface area (Å²) >= 11 is 1.55. The number of nitrogens with one attached hydrogen (secondary N) is 1. The largest absolute Gasteiger partial charge is 0.328 e. The Kier molecular flexibility index (Phi) is 4.68. The number of hydrogen-bond donors (Lipinski definition) is 1. The summed E-state index contributed by atoms with van der Waals surface area (Å²) in [6, 6.07) is 24.7. The van der Waals surface area contributed by atoms with Crippen molar-refractivity contribution in [1.82, 2.24) is 0 Å². The maximum absolute atomic E-state index is 12.9. The van der Waals surface area contributed by atoms with E-state index in [4.69, 9.17) is 0 Å². The van der Waals surface area contributed by atoms with E-state index in [2.05, 4.69) is 4.72 Å². The Morgan fingerprint density at radius 2 is 1.56 bits per heavy atom. The maximum Gasteiger partial charge on any atom is 0.328 e. The van der Waals surface area contributed by atoms with Crippen LogP contribution < -0.4 is 8.68 Å². The number of nitrogens with zero attached hydrogens (tertiary/aromatic N) is 1. The van der Waals surface area contributed by atoms with Crippen LogP contribution in [-0.4, -0.2) is 8.42 Å². The van der Waals surface area contributed by atoms with Gasteiger partial charge in [-0.1, -0.05) is 60.2 Å². The van der Waals surface area contributed by atoms with Gasteiger partial charge in [0.05, 0.1) is 10.1 Å². The van der Waals surface area contributed by atoms with Crippen molar-refractivity contribution >= 4 is 37.5 Å². The lowest BCUT2D eigenvalue weighted by Crippen LogP contribution is -2.34. The highest BCUT2D eigenvalue weighted by Crippen LogP contribution is 2.27. The summed E-state index contributed by atoms with van der Waals surface area (Å²) in [4.78, 5) is 0.259. The van der Waals surface area contributed by atoms with E-state index in [1.54, 1.807) is 35.8 Å². The monoisotopic (exact) mass is 395 g/mol. The second-order valence-electron chi connectivity index (χ2n) is 6.38. The first-order valence-electron chi connectivity index (χ1n) is 8.58. The van der Waals surface area contributed by atoms with Crippen LogP contribution in [0.25, 0.3) is 10.1 Å². The molecule has 6 heteroatoms. The van der Waals surface area contributed by atoms with E-state index in [0.29, 0.717) is 12.4 Å². The lowest BCUT2D eigenvalue weighted by atomic mass is 10.2. The highest BCUT2D eigenvalue weighted by atomic mass is 32.2. The Hall–Kier alpha value is -2.70. The molecule has 27 heavy (non-hydrogen) atoms. The molecule has 0 saturated heterocycles. The van der Waals surface area contributed by atoms with Crippen LogP contribution in [0.2, 0.25) is 0 Å². The molecule has 4 nitrogen and oxygen atoms in total. The van der Waals surface area contributed by atoms with E-state index in [1.165, 1.54) is 0 Å². The zero-order chi connectivity index (χ0) is 18.9. The van der Waals surface area contributed by atoms with Crippen LogP contribution in [0, 0.1) is 6.92 Å². The molecule has 0 aliphatic carbocycles. The van der Waals surface area contributed by atoms with E-state index < -0.39 is 10.0 Å². The minimum absolute atomic E-state index is 0.259. The van der Waals surface area contributed by atoms with Crippen molar-refractivity contribution < 1.29 is 12.4 Å². The summed E-state index contributed by atoms with van der Waals surface area (Å²) in [5.74, 6) is 0.597. The normalized spacial score (nSPS) is 11.6. The molecule has 0 spiro atoms. The van der Waals surface area contributed by atoms with Crippen molar-refractivity contribution in [3.05, 3.63) is 90.0 Å². The average Bonchev–Trinajstić information content (AvgIpc) is 3.00. The van der Waals surface area contributed by atoms with E-state index in [-0.39, 0.29) is 4.90 Å². The molecule has 0 aliphatic heterocycles. The first kappa shape index (κ1) is 17.7. The van der Waals surface area contributed by atoms with Crippen molar-refractivity contribution in [1.29, 1.82) is 0 Å². The topological polar surface area (TPSA) is 50.1 Å². The van der Waals surface area contributed by atoms with Crippen LogP contribution >= 0.6 is 11.5 Å². The van der Waals surface area contributed by atoms with Gasteiger partial charge >= 0.3 is 15.8 Å². The Labute approximate surface area is 162 Å². The fourth-order valence-corrected chi connectivity index (χ4v) is 5.14. The van der Waals surface area contributed by atoms with Gasteiger partial charge in [0.15, 0.2) is 0 Å². The molecule has 0 amide bonds. The molecule has 0 unspecified atom stereocenters. The lowest BCUT2D eigenvalue weighted by Gasteiger charge is -2.05. The van der Waals surface area contributed by atoms with E-state index in [9.17, 15) is 8.42 Å². The van der Waals surface area contributed by atoms with Gasteiger partial charge in [-0.3, -0.25) is 0 Å². The second kappa shape index (κ2) is 7.13. The third-order valence-electron chi connectivity index (χ3n) is 4.33. The Morgan fingerprint density at radius 1 is 0.889 bits per heavy atom. The summed E-state index contributed by atoms with van der Waals surface area (Å²) in [6.07, 6.45) is 0. The number of sulfonamides is 1. The van der Waals surface area contributed by atoms with Crippen molar-refractivity contribution in [2.45, 2.75) is 18.4 Å². The Morgan fingerprint density at radius 3 is 2.30 bits per heavy atom. The van der Waals surface area contributed by atoms with Gasteiger partial charge in [0.25, 0.3) is 0 Å². The molecular formula is C21H19N2O2S2+. The summed E-state index contributed by atoms with van der Waals surface area (Å²) in [5, 5.41) is 0.897. The number of hydrogen-bond acceptors (Lipinski definition) is 3. The molecule has 0 saturated carbocycles. The molecule has 0 atom stereocenters. The van der Waals surface area contributed by atoms with Crippen LogP contribution in [-0.2, 0) is 16.6 Å². The molecule has 1 N–H and O–H groups in total. The van der Waals surface area contributed by atoms with Crippen molar-refractivity contribution in [3.63, 3.8) is 0 Å².